The SMILES string of the molecule is COCC(=O)NCCCn1c(-c2ccc(OC(F)(F)F)cc2)cs/c1=N/Cc1ccc(OC)cc1OC. The molecule has 0 saturated heterocycles. The van der Waals surface area contributed by atoms with Crippen molar-refractivity contribution in [1.82, 2.24) is 9.88 Å². The molecular weight excluding hydrogens is 511 g/mol. The summed E-state index contributed by atoms with van der Waals surface area (Å²) in [5.41, 5.74) is 2.36. The number of carbonyl (C=O) groups excluding carboxylic acids is 1. The number of thiazole rings is 1. The van der Waals surface area contributed by atoms with Crippen molar-refractivity contribution in [2.45, 2.75) is 25.9 Å². The van der Waals surface area contributed by atoms with Crippen LogP contribution in [0.5, 0.6) is 17.2 Å². The van der Waals surface area contributed by atoms with Gasteiger partial charge in [-0.1, -0.05) is 0 Å². The van der Waals surface area contributed by atoms with E-state index in [-0.39, 0.29) is 18.3 Å². The highest BCUT2D eigenvalue weighted by Gasteiger charge is 2.31. The van der Waals surface area contributed by atoms with Crippen molar-refractivity contribution in [2.75, 3.05) is 34.5 Å². The Morgan fingerprint density at radius 1 is 1.05 bits per heavy atom. The van der Waals surface area contributed by atoms with Gasteiger partial charge in [0, 0.05) is 37.2 Å². The average molecular weight is 540 g/mol. The van der Waals surface area contributed by atoms with Gasteiger partial charge in [0.2, 0.25) is 5.91 Å². The molecule has 0 radical (unpaired) electrons. The van der Waals surface area contributed by atoms with Crippen LogP contribution >= 0.6 is 11.3 Å². The molecule has 0 saturated carbocycles. The van der Waals surface area contributed by atoms with Crippen LogP contribution in [0.4, 0.5) is 13.2 Å². The highest BCUT2D eigenvalue weighted by Crippen LogP contribution is 2.28. The number of ether oxygens (including phenoxy) is 4. The summed E-state index contributed by atoms with van der Waals surface area (Å²) in [6.45, 7) is 1.27. The normalized spacial score (nSPS) is 11.9. The first-order valence-corrected chi connectivity index (χ1v) is 12.1. The Morgan fingerprint density at radius 2 is 1.78 bits per heavy atom. The van der Waals surface area contributed by atoms with E-state index in [1.807, 2.05) is 22.1 Å². The van der Waals surface area contributed by atoms with Crippen LogP contribution in [0.25, 0.3) is 11.3 Å². The van der Waals surface area contributed by atoms with E-state index in [1.165, 1.54) is 30.6 Å². The van der Waals surface area contributed by atoms with E-state index in [0.29, 0.717) is 47.9 Å². The summed E-state index contributed by atoms with van der Waals surface area (Å²) >= 11 is 1.41. The minimum atomic E-state index is -4.76. The molecule has 1 amide bonds. The van der Waals surface area contributed by atoms with Crippen LogP contribution in [0.1, 0.15) is 12.0 Å². The molecule has 2 aromatic carbocycles. The molecule has 0 atom stereocenters. The number of nitrogens with one attached hydrogen (secondary N) is 1. The minimum absolute atomic E-state index is 0.0204. The Kier molecular flexibility index (Phi) is 9.98. The molecule has 0 unspecified atom stereocenters. The number of amides is 1. The summed E-state index contributed by atoms with van der Waals surface area (Å²) in [5, 5.41) is 4.68. The van der Waals surface area contributed by atoms with Crippen LogP contribution in [0.15, 0.2) is 52.8 Å². The molecule has 0 spiro atoms. The number of aromatic nitrogens is 1. The van der Waals surface area contributed by atoms with Crippen molar-refractivity contribution in [3.63, 3.8) is 0 Å². The molecule has 0 aliphatic carbocycles. The average Bonchev–Trinajstić information content (AvgIpc) is 3.27. The molecule has 12 heteroatoms. The van der Waals surface area contributed by atoms with E-state index in [2.05, 4.69) is 10.1 Å². The van der Waals surface area contributed by atoms with Crippen molar-refractivity contribution in [2.24, 2.45) is 4.99 Å². The van der Waals surface area contributed by atoms with Crippen molar-refractivity contribution in [3.05, 3.63) is 58.2 Å². The van der Waals surface area contributed by atoms with Crippen LogP contribution in [0.3, 0.4) is 0 Å². The smallest absolute Gasteiger partial charge is 0.497 e. The van der Waals surface area contributed by atoms with Gasteiger partial charge in [-0.25, -0.2) is 0 Å². The van der Waals surface area contributed by atoms with Gasteiger partial charge in [0.15, 0.2) is 4.80 Å². The Bertz CT molecular complexity index is 1240. The van der Waals surface area contributed by atoms with Crippen molar-refractivity contribution < 1.29 is 36.9 Å². The summed E-state index contributed by atoms with van der Waals surface area (Å²) in [6, 6.07) is 11.2. The van der Waals surface area contributed by atoms with Gasteiger partial charge < -0.3 is 28.8 Å². The molecule has 3 aromatic rings. The zero-order valence-electron chi connectivity index (χ0n) is 20.6. The second kappa shape index (κ2) is 13.2. The number of rotatable bonds is 12. The molecule has 0 bridgehead atoms. The molecule has 1 heterocycles. The molecule has 8 nitrogen and oxygen atoms in total. The Morgan fingerprint density at radius 3 is 2.43 bits per heavy atom. The zero-order valence-corrected chi connectivity index (χ0v) is 21.4. The van der Waals surface area contributed by atoms with Crippen LogP contribution in [0, 0.1) is 0 Å². The predicted octanol–water partition coefficient (Wildman–Crippen LogP) is 4.39. The van der Waals surface area contributed by atoms with E-state index in [0.717, 1.165) is 11.3 Å². The molecule has 0 fully saturated rings. The lowest BCUT2D eigenvalue weighted by molar-refractivity contribution is -0.274. The number of benzene rings is 2. The fourth-order valence-corrected chi connectivity index (χ4v) is 4.45. The van der Waals surface area contributed by atoms with Crippen LogP contribution in [-0.2, 0) is 22.6 Å². The summed E-state index contributed by atoms with van der Waals surface area (Å²) in [4.78, 5) is 17.2. The number of alkyl halides is 3. The molecule has 3 rings (SSSR count). The maximum Gasteiger partial charge on any atom is 0.573 e. The van der Waals surface area contributed by atoms with Crippen molar-refractivity contribution in [1.29, 1.82) is 0 Å². The second-order valence-electron chi connectivity index (χ2n) is 7.76. The van der Waals surface area contributed by atoms with Gasteiger partial charge in [0.1, 0.15) is 23.9 Å². The summed E-state index contributed by atoms with van der Waals surface area (Å²) in [5.74, 6) is 0.806. The molecule has 1 N–H and O–H groups in total. The van der Waals surface area contributed by atoms with Gasteiger partial charge in [0.25, 0.3) is 0 Å². The monoisotopic (exact) mass is 539 g/mol. The maximum absolute atomic E-state index is 12.5. The maximum atomic E-state index is 12.5. The summed E-state index contributed by atoms with van der Waals surface area (Å²) < 4.78 is 59.1. The van der Waals surface area contributed by atoms with Crippen LogP contribution in [0.2, 0.25) is 0 Å². The third-order valence-corrected chi connectivity index (χ3v) is 6.12. The van der Waals surface area contributed by atoms with E-state index in [9.17, 15) is 18.0 Å². The van der Waals surface area contributed by atoms with Gasteiger partial charge in [-0.2, -0.15) is 0 Å². The molecule has 200 valence electrons. The Hall–Kier alpha value is -3.51. The highest BCUT2D eigenvalue weighted by molar-refractivity contribution is 7.07. The van der Waals surface area contributed by atoms with Crippen molar-refractivity contribution in [3.8, 4) is 28.5 Å². The van der Waals surface area contributed by atoms with Gasteiger partial charge in [-0.3, -0.25) is 9.79 Å². The molecule has 0 aliphatic heterocycles. The number of hydrogen-bond donors (Lipinski definition) is 1. The molecular formula is C25H28F3N3O5S. The van der Waals surface area contributed by atoms with E-state index in [4.69, 9.17) is 19.2 Å². The zero-order chi connectivity index (χ0) is 26.8. The molecule has 0 aliphatic rings. The van der Waals surface area contributed by atoms with E-state index < -0.39 is 6.36 Å². The fourth-order valence-electron chi connectivity index (χ4n) is 3.51. The lowest BCUT2D eigenvalue weighted by atomic mass is 10.1. The summed E-state index contributed by atoms with van der Waals surface area (Å²) in [6.07, 6.45) is -4.15. The molecule has 1 aromatic heterocycles. The standard InChI is InChI=1S/C25H28F3N3O5S/c1-33-15-23(32)29-11-4-12-31-21(17-5-8-19(9-6-17)36-25(26,27)28)16-37-24(31)30-14-18-7-10-20(34-2)13-22(18)35-3/h5-10,13,16H,4,11-12,14-15H2,1-3H3,(H,29,32)/b30-24+. The van der Waals surface area contributed by atoms with Crippen LogP contribution in [-0.4, -0.2) is 51.3 Å². The quantitative estimate of drug-likeness (QED) is 0.346. The lowest BCUT2D eigenvalue weighted by Gasteiger charge is -2.12. The lowest BCUT2D eigenvalue weighted by Crippen LogP contribution is -2.29. The van der Waals surface area contributed by atoms with Gasteiger partial charge in [-0.05, 0) is 48.4 Å². The first-order valence-electron chi connectivity index (χ1n) is 11.3. The predicted molar refractivity (Wildman–Crippen MR) is 133 cm³/mol. The highest BCUT2D eigenvalue weighted by atomic mass is 32.1. The summed E-state index contributed by atoms with van der Waals surface area (Å²) in [7, 11) is 4.60. The minimum Gasteiger partial charge on any atom is -0.497 e. The molecule has 37 heavy (non-hydrogen) atoms. The largest absolute Gasteiger partial charge is 0.573 e. The number of hydrogen-bond acceptors (Lipinski definition) is 7. The van der Waals surface area contributed by atoms with E-state index >= 15 is 0 Å². The van der Waals surface area contributed by atoms with Gasteiger partial charge in [-0.15, -0.1) is 24.5 Å². The third-order valence-electron chi connectivity index (χ3n) is 5.22. The third kappa shape index (κ3) is 8.25. The first kappa shape index (κ1) is 28.1. The Labute approximate surface area is 216 Å². The number of nitrogens with zero attached hydrogens (tertiary/aromatic N) is 2. The number of methoxy groups -OCH3 is 3. The number of carbonyl (C=O) groups is 1. The van der Waals surface area contributed by atoms with E-state index in [1.54, 1.807) is 32.4 Å². The number of halogens is 3. The topological polar surface area (TPSA) is 83.3 Å². The van der Waals surface area contributed by atoms with Crippen LogP contribution < -0.4 is 24.3 Å². The van der Waals surface area contributed by atoms with Crippen molar-refractivity contribution >= 4 is 17.2 Å². The van der Waals surface area contributed by atoms with Gasteiger partial charge >= 0.3 is 6.36 Å². The van der Waals surface area contributed by atoms with Gasteiger partial charge in [0.05, 0.1) is 26.5 Å². The Balaban J connectivity index is 1.87. The first-order chi connectivity index (χ1) is 17.7. The fraction of sp³-hybridized carbons (Fsp3) is 0.360. The second-order valence-corrected chi connectivity index (χ2v) is 8.59.